The first kappa shape index (κ1) is 29.7. The van der Waals surface area contributed by atoms with E-state index in [1.54, 1.807) is 11.0 Å². The topological polar surface area (TPSA) is 58.6 Å². The number of carbonyl (C=O) groups excluding carboxylic acids is 2. The van der Waals surface area contributed by atoms with Crippen LogP contribution >= 0.6 is 27.5 Å². The average Bonchev–Trinajstić information content (AvgIpc) is 2.91. The zero-order valence-corrected chi connectivity index (χ0v) is 24.6. The number of carbonyl (C=O) groups is 2. The van der Waals surface area contributed by atoms with Gasteiger partial charge in [0.05, 0.1) is 4.47 Å². The Morgan fingerprint density at radius 1 is 1.03 bits per heavy atom. The summed E-state index contributed by atoms with van der Waals surface area (Å²) in [6, 6.07) is 22.3. The number of unbranched alkanes of at least 4 members (excludes halogenated alkanes) is 1. The Labute approximate surface area is 239 Å². The predicted molar refractivity (Wildman–Crippen MR) is 158 cm³/mol. The molecule has 38 heavy (non-hydrogen) atoms. The molecule has 3 aromatic carbocycles. The molecule has 1 N–H and O–H groups in total. The maximum atomic E-state index is 13.7. The Morgan fingerprint density at radius 3 is 2.39 bits per heavy atom. The van der Waals surface area contributed by atoms with E-state index in [1.807, 2.05) is 66.7 Å². The molecule has 2 amide bonds. The molecule has 0 fully saturated rings. The van der Waals surface area contributed by atoms with Gasteiger partial charge in [-0.25, -0.2) is 0 Å². The second-order valence-electron chi connectivity index (χ2n) is 9.60. The van der Waals surface area contributed by atoms with E-state index in [0.717, 1.165) is 28.4 Å². The third-order valence-electron chi connectivity index (χ3n) is 6.37. The van der Waals surface area contributed by atoms with Gasteiger partial charge >= 0.3 is 0 Å². The van der Waals surface area contributed by atoms with Gasteiger partial charge in [0.25, 0.3) is 5.91 Å². The van der Waals surface area contributed by atoms with Crippen LogP contribution in [0.4, 0.5) is 0 Å². The molecule has 0 radical (unpaired) electrons. The average molecular weight is 600 g/mol. The lowest BCUT2D eigenvalue weighted by atomic mass is 10.0. The van der Waals surface area contributed by atoms with Crippen molar-refractivity contribution in [2.75, 3.05) is 13.2 Å². The van der Waals surface area contributed by atoms with Gasteiger partial charge < -0.3 is 15.0 Å². The molecule has 1 unspecified atom stereocenters. The molecule has 0 aliphatic rings. The summed E-state index contributed by atoms with van der Waals surface area (Å²) >= 11 is 10.0. The summed E-state index contributed by atoms with van der Waals surface area (Å²) in [5.41, 5.74) is 2.90. The Morgan fingerprint density at radius 2 is 1.74 bits per heavy atom. The lowest BCUT2D eigenvalue weighted by Gasteiger charge is -2.31. The molecule has 3 aromatic rings. The second kappa shape index (κ2) is 14.9. The molecular formula is C31H36BrClN2O3. The molecule has 0 aliphatic carbocycles. The molecule has 1 atom stereocenters. The molecule has 202 valence electrons. The number of amides is 2. The SMILES string of the molecule is CCCCNC(=O)C(Cc1ccccc1)N(Cc1ccccc1Cl)C(=O)COc1ccc(C(C)C)cc1Br. The van der Waals surface area contributed by atoms with Crippen LogP contribution in [-0.4, -0.2) is 35.9 Å². The van der Waals surface area contributed by atoms with Crippen molar-refractivity contribution in [1.29, 1.82) is 0 Å². The molecule has 0 aromatic heterocycles. The third kappa shape index (κ3) is 8.60. The first-order valence-corrected chi connectivity index (χ1v) is 14.2. The summed E-state index contributed by atoms with van der Waals surface area (Å²) in [6.45, 7) is 6.85. The third-order valence-corrected chi connectivity index (χ3v) is 7.36. The van der Waals surface area contributed by atoms with E-state index >= 15 is 0 Å². The summed E-state index contributed by atoms with van der Waals surface area (Å²) in [4.78, 5) is 28.8. The van der Waals surface area contributed by atoms with Gasteiger partial charge in [-0.15, -0.1) is 0 Å². The minimum Gasteiger partial charge on any atom is -0.483 e. The van der Waals surface area contributed by atoms with Gasteiger partial charge in [-0.05, 0) is 63.2 Å². The van der Waals surface area contributed by atoms with Gasteiger partial charge in [-0.1, -0.05) is 93.4 Å². The highest BCUT2D eigenvalue weighted by Gasteiger charge is 2.31. The summed E-state index contributed by atoms with van der Waals surface area (Å²) in [6.07, 6.45) is 2.21. The number of hydrogen-bond donors (Lipinski definition) is 1. The van der Waals surface area contributed by atoms with Crippen LogP contribution in [-0.2, 0) is 22.6 Å². The molecule has 0 saturated carbocycles. The predicted octanol–water partition coefficient (Wildman–Crippen LogP) is 7.16. The lowest BCUT2D eigenvalue weighted by Crippen LogP contribution is -2.51. The number of rotatable bonds is 13. The first-order chi connectivity index (χ1) is 18.3. The molecule has 0 bridgehead atoms. The van der Waals surface area contributed by atoms with E-state index in [9.17, 15) is 9.59 Å². The van der Waals surface area contributed by atoms with Crippen molar-refractivity contribution in [3.05, 3.63) is 99.0 Å². The molecule has 0 aliphatic heterocycles. The summed E-state index contributed by atoms with van der Waals surface area (Å²) in [5.74, 6) is 0.465. The van der Waals surface area contributed by atoms with Crippen molar-refractivity contribution < 1.29 is 14.3 Å². The molecule has 0 heterocycles. The van der Waals surface area contributed by atoms with Gasteiger partial charge in [-0.2, -0.15) is 0 Å². The number of hydrogen-bond acceptors (Lipinski definition) is 3. The minimum atomic E-state index is -0.728. The fourth-order valence-corrected chi connectivity index (χ4v) is 4.79. The van der Waals surface area contributed by atoms with E-state index < -0.39 is 6.04 Å². The monoisotopic (exact) mass is 598 g/mol. The Bertz CT molecular complexity index is 1200. The van der Waals surface area contributed by atoms with Crippen LogP contribution in [0.25, 0.3) is 0 Å². The van der Waals surface area contributed by atoms with Crippen molar-refractivity contribution >= 4 is 39.3 Å². The number of benzene rings is 3. The molecular weight excluding hydrogens is 564 g/mol. The van der Waals surface area contributed by atoms with E-state index in [2.05, 4.69) is 42.0 Å². The van der Waals surface area contributed by atoms with Gasteiger partial charge in [0.1, 0.15) is 11.8 Å². The van der Waals surface area contributed by atoms with Crippen LogP contribution in [0.3, 0.4) is 0 Å². The zero-order chi connectivity index (χ0) is 27.5. The standard InChI is InChI=1S/C31H36BrClN2O3/c1-4-5-17-34-31(37)28(18-23-11-7-6-8-12-23)35(20-25-13-9-10-14-27(25)33)30(36)21-38-29-16-15-24(22(2)3)19-26(29)32/h6-16,19,22,28H,4-5,17-18,20-21H2,1-3H3,(H,34,37). The lowest BCUT2D eigenvalue weighted by molar-refractivity contribution is -0.142. The fraction of sp³-hybridized carbons (Fsp3) is 0.355. The summed E-state index contributed by atoms with van der Waals surface area (Å²) in [7, 11) is 0. The van der Waals surface area contributed by atoms with E-state index in [1.165, 1.54) is 5.56 Å². The smallest absolute Gasteiger partial charge is 0.261 e. The second-order valence-corrected chi connectivity index (χ2v) is 10.9. The van der Waals surface area contributed by atoms with Gasteiger partial charge in [0, 0.05) is 24.5 Å². The van der Waals surface area contributed by atoms with Crippen molar-refractivity contribution in [2.45, 2.75) is 58.5 Å². The normalized spacial score (nSPS) is 11.7. The molecule has 0 saturated heterocycles. The number of halogens is 2. The molecule has 0 spiro atoms. The largest absolute Gasteiger partial charge is 0.483 e. The summed E-state index contributed by atoms with van der Waals surface area (Å²) in [5, 5.41) is 3.57. The Hall–Kier alpha value is -2.83. The maximum absolute atomic E-state index is 13.7. The van der Waals surface area contributed by atoms with Crippen LogP contribution < -0.4 is 10.1 Å². The Kier molecular flexibility index (Phi) is 11.7. The van der Waals surface area contributed by atoms with Crippen LogP contribution in [0.5, 0.6) is 5.75 Å². The van der Waals surface area contributed by atoms with Crippen LogP contribution in [0.2, 0.25) is 5.02 Å². The fourth-order valence-electron chi connectivity index (χ4n) is 4.09. The number of nitrogens with zero attached hydrogens (tertiary/aromatic N) is 1. The van der Waals surface area contributed by atoms with Crippen molar-refractivity contribution in [1.82, 2.24) is 10.2 Å². The van der Waals surface area contributed by atoms with Gasteiger partial charge in [0.15, 0.2) is 6.61 Å². The van der Waals surface area contributed by atoms with Crippen LogP contribution in [0.1, 0.15) is 56.2 Å². The van der Waals surface area contributed by atoms with Gasteiger partial charge in [0.2, 0.25) is 5.91 Å². The van der Waals surface area contributed by atoms with Crippen molar-refractivity contribution in [3.8, 4) is 5.75 Å². The van der Waals surface area contributed by atoms with Crippen molar-refractivity contribution in [3.63, 3.8) is 0 Å². The molecule has 3 rings (SSSR count). The first-order valence-electron chi connectivity index (χ1n) is 13.1. The van der Waals surface area contributed by atoms with Crippen molar-refractivity contribution in [2.24, 2.45) is 0 Å². The van der Waals surface area contributed by atoms with Gasteiger partial charge in [-0.3, -0.25) is 9.59 Å². The quantitative estimate of drug-likeness (QED) is 0.212. The zero-order valence-electron chi connectivity index (χ0n) is 22.3. The van der Waals surface area contributed by atoms with Crippen LogP contribution in [0, 0.1) is 0 Å². The van der Waals surface area contributed by atoms with E-state index in [0.29, 0.717) is 29.7 Å². The highest BCUT2D eigenvalue weighted by molar-refractivity contribution is 9.10. The molecule has 7 heteroatoms. The van der Waals surface area contributed by atoms with E-state index in [4.69, 9.17) is 16.3 Å². The maximum Gasteiger partial charge on any atom is 0.261 e. The van der Waals surface area contributed by atoms with Crippen LogP contribution in [0.15, 0.2) is 77.3 Å². The number of nitrogens with one attached hydrogen (secondary N) is 1. The van der Waals surface area contributed by atoms with E-state index in [-0.39, 0.29) is 25.0 Å². The number of ether oxygens (including phenoxy) is 1. The Balaban J connectivity index is 1.90. The highest BCUT2D eigenvalue weighted by Crippen LogP contribution is 2.29. The highest BCUT2D eigenvalue weighted by atomic mass is 79.9. The minimum absolute atomic E-state index is 0.189. The summed E-state index contributed by atoms with van der Waals surface area (Å²) < 4.78 is 6.74. The molecule has 5 nitrogen and oxygen atoms in total.